The van der Waals surface area contributed by atoms with E-state index in [2.05, 4.69) is 15.6 Å². The molecule has 2 N–H and O–H groups in total. The monoisotopic (exact) mass is 362 g/mol. The first-order valence-electron chi connectivity index (χ1n) is 8.15. The zero-order valence-electron chi connectivity index (χ0n) is 14.9. The van der Waals surface area contributed by atoms with Crippen LogP contribution in [0.2, 0.25) is 0 Å². The van der Waals surface area contributed by atoms with Crippen LogP contribution in [-0.2, 0) is 9.53 Å². The van der Waals surface area contributed by atoms with Gasteiger partial charge in [0.25, 0.3) is 5.91 Å². The summed E-state index contributed by atoms with van der Waals surface area (Å²) < 4.78 is 12.0. The first-order chi connectivity index (χ1) is 12.4. The minimum absolute atomic E-state index is 0.0868. The zero-order chi connectivity index (χ0) is 19.1. The smallest absolute Gasteiger partial charge is 0.329 e. The molecule has 2 aromatic rings. The lowest BCUT2D eigenvalue weighted by atomic mass is 10.2. The molecule has 0 saturated heterocycles. The fourth-order valence-corrected chi connectivity index (χ4v) is 2.20. The van der Waals surface area contributed by atoms with Crippen molar-refractivity contribution in [3.05, 3.63) is 35.7 Å². The van der Waals surface area contributed by atoms with Gasteiger partial charge in [0, 0.05) is 6.54 Å². The maximum Gasteiger partial charge on any atom is 0.329 e. The number of carboxylic acid groups (broad SMARTS) is 1. The Morgan fingerprint density at radius 3 is 2.58 bits per heavy atom. The Bertz CT molecular complexity index is 755. The van der Waals surface area contributed by atoms with Gasteiger partial charge in [-0.05, 0) is 45.0 Å². The molecule has 0 fully saturated rings. The Morgan fingerprint density at radius 2 is 1.96 bits per heavy atom. The van der Waals surface area contributed by atoms with E-state index in [0.717, 1.165) is 11.4 Å². The number of carboxylic acids is 1. The summed E-state index contributed by atoms with van der Waals surface area (Å²) >= 11 is 0. The van der Waals surface area contributed by atoms with Crippen molar-refractivity contribution < 1.29 is 24.2 Å². The molecule has 0 spiro atoms. The van der Waals surface area contributed by atoms with Gasteiger partial charge < -0.3 is 19.9 Å². The van der Waals surface area contributed by atoms with Crippen molar-refractivity contribution in [1.29, 1.82) is 0 Å². The number of ether oxygens (including phenoxy) is 2. The molecular weight excluding hydrogens is 340 g/mol. The van der Waals surface area contributed by atoms with Crippen molar-refractivity contribution in [2.45, 2.75) is 26.9 Å². The van der Waals surface area contributed by atoms with E-state index in [0.29, 0.717) is 5.69 Å². The Hall–Kier alpha value is -2.94. The third-order valence-electron chi connectivity index (χ3n) is 3.32. The van der Waals surface area contributed by atoms with Gasteiger partial charge in [-0.1, -0.05) is 5.21 Å². The summed E-state index contributed by atoms with van der Waals surface area (Å²) in [6.45, 7) is 5.53. The summed E-state index contributed by atoms with van der Waals surface area (Å²) in [6.07, 6.45) is 0.0868. The molecule has 1 aromatic carbocycles. The molecule has 0 radical (unpaired) electrons. The highest BCUT2D eigenvalue weighted by Crippen LogP contribution is 2.18. The average molecular weight is 362 g/mol. The molecule has 26 heavy (non-hydrogen) atoms. The lowest BCUT2D eigenvalue weighted by molar-refractivity contribution is -0.142. The molecule has 1 aromatic heterocycles. The van der Waals surface area contributed by atoms with Gasteiger partial charge in [0.1, 0.15) is 12.4 Å². The first kappa shape index (κ1) is 19.4. The van der Waals surface area contributed by atoms with Crippen LogP contribution in [0.1, 0.15) is 30.0 Å². The number of aromatic nitrogens is 3. The van der Waals surface area contributed by atoms with Crippen LogP contribution in [0.5, 0.6) is 5.75 Å². The van der Waals surface area contributed by atoms with Crippen molar-refractivity contribution in [2.24, 2.45) is 0 Å². The number of benzene rings is 1. The second kappa shape index (κ2) is 8.95. The van der Waals surface area contributed by atoms with Gasteiger partial charge in [-0.25, -0.2) is 9.48 Å². The topological polar surface area (TPSA) is 116 Å². The Labute approximate surface area is 150 Å². The fraction of sp³-hybridized carbons (Fsp3) is 0.412. The lowest BCUT2D eigenvalue weighted by Crippen LogP contribution is -2.28. The predicted molar refractivity (Wildman–Crippen MR) is 92.6 cm³/mol. The lowest BCUT2D eigenvalue weighted by Gasteiger charge is -2.10. The number of carbonyl (C=O) groups excluding carboxylic acids is 1. The van der Waals surface area contributed by atoms with Crippen molar-refractivity contribution in [1.82, 2.24) is 20.3 Å². The van der Waals surface area contributed by atoms with Crippen molar-refractivity contribution in [3.63, 3.8) is 0 Å². The van der Waals surface area contributed by atoms with Crippen LogP contribution in [-0.4, -0.2) is 57.8 Å². The molecule has 0 aliphatic rings. The summed E-state index contributed by atoms with van der Waals surface area (Å²) in [5.41, 5.74) is 1.55. The van der Waals surface area contributed by atoms with Crippen LogP contribution in [0.15, 0.2) is 24.3 Å². The van der Waals surface area contributed by atoms with Crippen molar-refractivity contribution in [3.8, 4) is 11.4 Å². The summed E-state index contributed by atoms with van der Waals surface area (Å²) in [5, 5.41) is 19.0. The van der Waals surface area contributed by atoms with E-state index in [1.807, 2.05) is 38.1 Å². The van der Waals surface area contributed by atoms with Gasteiger partial charge in [-0.15, -0.1) is 5.10 Å². The van der Waals surface area contributed by atoms with Crippen LogP contribution in [0, 0.1) is 6.92 Å². The Kier molecular flexibility index (Phi) is 6.67. The molecule has 0 atom stereocenters. The third-order valence-corrected chi connectivity index (χ3v) is 3.32. The summed E-state index contributed by atoms with van der Waals surface area (Å²) in [5.74, 6) is -0.701. The highest BCUT2D eigenvalue weighted by molar-refractivity contribution is 5.93. The minimum atomic E-state index is -1.06. The molecule has 1 amide bonds. The molecule has 140 valence electrons. The van der Waals surface area contributed by atoms with E-state index in [1.54, 1.807) is 11.6 Å². The molecule has 9 nitrogen and oxygen atoms in total. The van der Waals surface area contributed by atoms with Gasteiger partial charge in [-0.3, -0.25) is 4.79 Å². The van der Waals surface area contributed by atoms with Gasteiger partial charge in [0.05, 0.1) is 24.1 Å². The van der Waals surface area contributed by atoms with E-state index < -0.39 is 18.5 Å². The highest BCUT2D eigenvalue weighted by atomic mass is 16.5. The molecule has 0 aliphatic heterocycles. The van der Waals surface area contributed by atoms with Gasteiger partial charge in [-0.2, -0.15) is 0 Å². The average Bonchev–Trinajstić information content (AvgIpc) is 2.96. The normalized spacial score (nSPS) is 10.8. The van der Waals surface area contributed by atoms with Gasteiger partial charge >= 0.3 is 5.97 Å². The van der Waals surface area contributed by atoms with E-state index in [1.165, 1.54) is 0 Å². The SMILES string of the molecule is Cc1c(C(=O)NCCOCC(=O)O)nnn1-c1ccc(OC(C)C)cc1. The van der Waals surface area contributed by atoms with E-state index in [9.17, 15) is 9.59 Å². The molecule has 0 saturated carbocycles. The Balaban J connectivity index is 1.98. The fourth-order valence-electron chi connectivity index (χ4n) is 2.20. The molecular formula is C17H22N4O5. The number of amides is 1. The van der Waals surface area contributed by atoms with Crippen LogP contribution in [0.4, 0.5) is 0 Å². The van der Waals surface area contributed by atoms with E-state index >= 15 is 0 Å². The number of hydrogen-bond acceptors (Lipinski definition) is 6. The van der Waals surface area contributed by atoms with Gasteiger partial charge in [0.15, 0.2) is 5.69 Å². The maximum atomic E-state index is 12.2. The molecule has 0 aliphatic carbocycles. The number of nitrogens with zero attached hydrogens (tertiary/aromatic N) is 3. The standard InChI is InChI=1S/C17H22N4O5/c1-11(2)26-14-6-4-13(5-7-14)21-12(3)16(19-20-21)17(24)18-8-9-25-10-15(22)23/h4-7,11H,8-10H2,1-3H3,(H,18,24)(H,22,23). The maximum absolute atomic E-state index is 12.2. The first-order valence-corrected chi connectivity index (χ1v) is 8.15. The Morgan fingerprint density at radius 1 is 1.27 bits per heavy atom. The van der Waals surface area contributed by atoms with Crippen LogP contribution in [0.25, 0.3) is 5.69 Å². The largest absolute Gasteiger partial charge is 0.491 e. The third kappa shape index (κ3) is 5.28. The van der Waals surface area contributed by atoms with Crippen molar-refractivity contribution >= 4 is 11.9 Å². The molecule has 0 bridgehead atoms. The van der Waals surface area contributed by atoms with Gasteiger partial charge in [0.2, 0.25) is 0 Å². The summed E-state index contributed by atoms with van der Waals surface area (Å²) in [4.78, 5) is 22.5. The minimum Gasteiger partial charge on any atom is -0.491 e. The second-order valence-corrected chi connectivity index (χ2v) is 5.80. The molecule has 2 rings (SSSR count). The van der Waals surface area contributed by atoms with Crippen LogP contribution < -0.4 is 10.1 Å². The van der Waals surface area contributed by atoms with Crippen LogP contribution >= 0.6 is 0 Å². The molecule has 9 heteroatoms. The van der Waals surface area contributed by atoms with E-state index in [4.69, 9.17) is 14.6 Å². The highest BCUT2D eigenvalue weighted by Gasteiger charge is 2.17. The predicted octanol–water partition coefficient (Wildman–Crippen LogP) is 1.19. The summed E-state index contributed by atoms with van der Waals surface area (Å²) in [7, 11) is 0. The van der Waals surface area contributed by atoms with E-state index in [-0.39, 0.29) is 24.9 Å². The number of aliphatic carboxylic acids is 1. The number of rotatable bonds is 9. The quantitative estimate of drug-likeness (QED) is 0.644. The van der Waals surface area contributed by atoms with Crippen molar-refractivity contribution in [2.75, 3.05) is 19.8 Å². The zero-order valence-corrected chi connectivity index (χ0v) is 14.9. The van der Waals surface area contributed by atoms with Crippen LogP contribution in [0.3, 0.4) is 0 Å². The molecule has 0 unspecified atom stereocenters. The number of hydrogen-bond donors (Lipinski definition) is 2. The molecule has 1 heterocycles. The summed E-state index contributed by atoms with van der Waals surface area (Å²) in [6, 6.07) is 7.33. The number of carbonyl (C=O) groups is 2. The number of nitrogens with one attached hydrogen (secondary N) is 1. The second-order valence-electron chi connectivity index (χ2n) is 5.80.